The summed E-state index contributed by atoms with van der Waals surface area (Å²) in [6.07, 6.45) is 0. The number of nitrogens with zero attached hydrogens (tertiary/aromatic N) is 3. The Morgan fingerprint density at radius 3 is 2.22 bits per heavy atom. The monoisotopic (exact) mass is 532 g/mol. The molecule has 0 saturated heterocycles. The molecule has 0 spiro atoms. The molecule has 0 radical (unpaired) electrons. The first-order chi connectivity index (χ1) is 17.0. The van der Waals surface area contributed by atoms with Crippen molar-refractivity contribution < 1.29 is 19.1 Å². The maximum Gasteiger partial charge on any atom is 0.254 e. The van der Waals surface area contributed by atoms with Crippen molar-refractivity contribution in [2.75, 3.05) is 39.2 Å². The van der Waals surface area contributed by atoms with Crippen molar-refractivity contribution in [1.29, 1.82) is 0 Å². The Hall–Kier alpha value is -3.07. The molecule has 1 N–H and O–H groups in total. The predicted molar refractivity (Wildman–Crippen MR) is 142 cm³/mol. The van der Waals surface area contributed by atoms with E-state index in [2.05, 4.69) is 5.32 Å². The van der Waals surface area contributed by atoms with Gasteiger partial charge in [0, 0.05) is 40.7 Å². The first-order valence-electron chi connectivity index (χ1n) is 11.3. The number of methoxy groups -OCH3 is 2. The summed E-state index contributed by atoms with van der Waals surface area (Å²) < 4.78 is 12.0. The van der Waals surface area contributed by atoms with E-state index in [-0.39, 0.29) is 42.5 Å². The number of aromatic nitrogens is 2. The van der Waals surface area contributed by atoms with Gasteiger partial charge in [0.25, 0.3) is 5.91 Å². The number of anilines is 1. The summed E-state index contributed by atoms with van der Waals surface area (Å²) in [6.45, 7) is 6.38. The van der Waals surface area contributed by atoms with Crippen molar-refractivity contribution in [1.82, 2.24) is 14.7 Å². The van der Waals surface area contributed by atoms with Crippen LogP contribution in [-0.4, -0.2) is 60.4 Å². The maximum absolute atomic E-state index is 13.2. The molecule has 0 aliphatic heterocycles. The molecule has 10 heteroatoms. The molecule has 192 valence electrons. The van der Waals surface area contributed by atoms with Gasteiger partial charge in [-0.2, -0.15) is 5.10 Å². The highest BCUT2D eigenvalue weighted by Gasteiger charge is 2.24. The lowest BCUT2D eigenvalue weighted by atomic mass is 9.92. The normalized spacial score (nSPS) is 11.3. The van der Waals surface area contributed by atoms with Gasteiger partial charge in [-0.15, -0.1) is 0 Å². The second kappa shape index (κ2) is 11.8. The van der Waals surface area contributed by atoms with E-state index in [9.17, 15) is 9.59 Å². The van der Waals surface area contributed by atoms with Crippen LogP contribution in [0.2, 0.25) is 10.0 Å². The molecule has 0 unspecified atom stereocenters. The minimum absolute atomic E-state index is 0.203. The van der Waals surface area contributed by atoms with Crippen LogP contribution >= 0.6 is 23.2 Å². The van der Waals surface area contributed by atoms with Gasteiger partial charge in [-0.05, 0) is 42.5 Å². The SMILES string of the molecule is COCCN(CC(=O)Nc1cc(C(C)(C)C)nn1-c1ccc(OC)cc1)C(=O)c1cc(Cl)cc(Cl)c1. The Morgan fingerprint density at radius 2 is 1.67 bits per heavy atom. The maximum atomic E-state index is 13.2. The fourth-order valence-electron chi connectivity index (χ4n) is 3.43. The number of benzene rings is 2. The van der Waals surface area contributed by atoms with Crippen LogP contribution < -0.4 is 10.1 Å². The molecular weight excluding hydrogens is 503 g/mol. The molecule has 8 nitrogen and oxygen atoms in total. The second-order valence-electron chi connectivity index (χ2n) is 9.20. The molecule has 3 rings (SSSR count). The third-order valence-corrected chi connectivity index (χ3v) is 5.80. The first-order valence-corrected chi connectivity index (χ1v) is 12.1. The minimum Gasteiger partial charge on any atom is -0.497 e. The smallest absolute Gasteiger partial charge is 0.254 e. The van der Waals surface area contributed by atoms with Crippen LogP contribution in [0, 0.1) is 0 Å². The summed E-state index contributed by atoms with van der Waals surface area (Å²) in [5.41, 5.74) is 1.59. The van der Waals surface area contributed by atoms with Gasteiger partial charge in [0.15, 0.2) is 0 Å². The number of amides is 2. The summed E-state index contributed by atoms with van der Waals surface area (Å²) in [4.78, 5) is 27.7. The number of carbonyl (C=O) groups excluding carboxylic acids is 2. The molecule has 1 aromatic heterocycles. The highest BCUT2D eigenvalue weighted by Crippen LogP contribution is 2.27. The molecule has 0 fully saturated rings. The van der Waals surface area contributed by atoms with Crippen LogP contribution in [0.25, 0.3) is 5.69 Å². The van der Waals surface area contributed by atoms with Gasteiger partial charge in [0.1, 0.15) is 18.1 Å². The molecule has 2 aromatic carbocycles. The number of halogens is 2. The Morgan fingerprint density at radius 1 is 1.03 bits per heavy atom. The number of ether oxygens (including phenoxy) is 2. The molecule has 3 aromatic rings. The van der Waals surface area contributed by atoms with Crippen LogP contribution in [0.1, 0.15) is 36.8 Å². The number of nitrogens with one attached hydrogen (secondary N) is 1. The number of hydrogen-bond acceptors (Lipinski definition) is 5. The zero-order valence-electron chi connectivity index (χ0n) is 21.0. The van der Waals surface area contributed by atoms with Crippen molar-refractivity contribution in [3.8, 4) is 11.4 Å². The lowest BCUT2D eigenvalue weighted by Gasteiger charge is -2.22. The Balaban J connectivity index is 1.87. The summed E-state index contributed by atoms with van der Waals surface area (Å²) in [7, 11) is 3.13. The third kappa shape index (κ3) is 7.00. The van der Waals surface area contributed by atoms with Crippen molar-refractivity contribution in [3.05, 3.63) is 69.8 Å². The van der Waals surface area contributed by atoms with E-state index in [0.717, 1.165) is 11.4 Å². The van der Waals surface area contributed by atoms with Crippen LogP contribution in [-0.2, 0) is 14.9 Å². The zero-order chi connectivity index (χ0) is 26.5. The third-order valence-electron chi connectivity index (χ3n) is 5.36. The van der Waals surface area contributed by atoms with E-state index in [1.807, 2.05) is 51.1 Å². The molecule has 0 atom stereocenters. The van der Waals surface area contributed by atoms with Gasteiger partial charge in [-0.25, -0.2) is 4.68 Å². The van der Waals surface area contributed by atoms with Crippen molar-refractivity contribution in [2.45, 2.75) is 26.2 Å². The number of carbonyl (C=O) groups is 2. The van der Waals surface area contributed by atoms with Crippen LogP contribution in [0.3, 0.4) is 0 Å². The van der Waals surface area contributed by atoms with Crippen molar-refractivity contribution >= 4 is 40.8 Å². The second-order valence-corrected chi connectivity index (χ2v) is 10.1. The number of rotatable bonds is 9. The number of hydrogen-bond donors (Lipinski definition) is 1. The molecule has 2 amide bonds. The van der Waals surface area contributed by atoms with Gasteiger partial charge >= 0.3 is 0 Å². The van der Waals surface area contributed by atoms with E-state index in [4.69, 9.17) is 37.8 Å². The predicted octanol–water partition coefficient (Wildman–Crippen LogP) is 5.21. The Bertz CT molecular complexity index is 1200. The van der Waals surface area contributed by atoms with E-state index in [1.165, 1.54) is 24.1 Å². The van der Waals surface area contributed by atoms with Gasteiger partial charge < -0.3 is 19.7 Å². The summed E-state index contributed by atoms with van der Waals surface area (Å²) in [6, 6.07) is 13.8. The minimum atomic E-state index is -0.386. The van der Waals surface area contributed by atoms with Crippen molar-refractivity contribution in [2.24, 2.45) is 0 Å². The topological polar surface area (TPSA) is 85.7 Å². The average Bonchev–Trinajstić information content (AvgIpc) is 3.25. The van der Waals surface area contributed by atoms with E-state index in [1.54, 1.807) is 17.9 Å². The van der Waals surface area contributed by atoms with Crippen LogP contribution in [0.4, 0.5) is 5.82 Å². The standard InChI is InChI=1S/C26H30Cl2N4O4/c1-26(2,3)22-15-23(32(30-22)20-6-8-21(36-5)9-7-20)29-24(33)16-31(10-11-35-4)25(34)17-12-18(27)14-19(28)13-17/h6-9,12-15H,10-11,16H2,1-5H3,(H,29,33). The van der Waals surface area contributed by atoms with Gasteiger partial charge in [-0.1, -0.05) is 44.0 Å². The fourth-order valence-corrected chi connectivity index (χ4v) is 3.95. The van der Waals surface area contributed by atoms with Crippen LogP contribution in [0.15, 0.2) is 48.5 Å². The largest absolute Gasteiger partial charge is 0.497 e. The van der Waals surface area contributed by atoms with E-state index >= 15 is 0 Å². The van der Waals surface area contributed by atoms with Gasteiger partial charge in [0.05, 0.1) is 25.1 Å². The molecule has 1 heterocycles. The highest BCUT2D eigenvalue weighted by atomic mass is 35.5. The molecule has 0 aliphatic carbocycles. The van der Waals surface area contributed by atoms with E-state index in [0.29, 0.717) is 21.6 Å². The molecule has 0 saturated carbocycles. The van der Waals surface area contributed by atoms with E-state index < -0.39 is 0 Å². The molecule has 0 bridgehead atoms. The Kier molecular flexibility index (Phi) is 9.00. The molecule has 0 aliphatic rings. The lowest BCUT2D eigenvalue weighted by Crippen LogP contribution is -2.40. The first kappa shape index (κ1) is 27.5. The van der Waals surface area contributed by atoms with Gasteiger partial charge in [-0.3, -0.25) is 9.59 Å². The fraction of sp³-hybridized carbons (Fsp3) is 0.346. The van der Waals surface area contributed by atoms with Gasteiger partial charge in [0.2, 0.25) is 5.91 Å². The summed E-state index contributed by atoms with van der Waals surface area (Å²) >= 11 is 12.1. The lowest BCUT2D eigenvalue weighted by molar-refractivity contribution is -0.117. The van der Waals surface area contributed by atoms with Crippen molar-refractivity contribution in [3.63, 3.8) is 0 Å². The zero-order valence-corrected chi connectivity index (χ0v) is 22.5. The highest BCUT2D eigenvalue weighted by molar-refractivity contribution is 6.35. The molecular formula is C26H30Cl2N4O4. The summed E-state index contributed by atoms with van der Waals surface area (Å²) in [5, 5.41) is 8.30. The van der Waals surface area contributed by atoms with Crippen LogP contribution in [0.5, 0.6) is 5.75 Å². The molecule has 36 heavy (non-hydrogen) atoms. The summed E-state index contributed by atoms with van der Waals surface area (Å²) in [5.74, 6) is 0.425. The quantitative estimate of drug-likeness (QED) is 0.408. The average molecular weight is 533 g/mol. The Labute approximate surface area is 221 Å².